The first-order chi connectivity index (χ1) is 5.24. The lowest BCUT2D eigenvalue weighted by Gasteiger charge is -1.98. The van der Waals surface area contributed by atoms with Crippen molar-refractivity contribution in [3.63, 3.8) is 0 Å². The van der Waals surface area contributed by atoms with E-state index in [2.05, 4.69) is 19.6 Å². The van der Waals surface area contributed by atoms with E-state index in [1.807, 2.05) is 13.0 Å². The Kier molecular flexibility index (Phi) is 5.26. The molecule has 0 aromatic rings. The van der Waals surface area contributed by atoms with Gasteiger partial charge in [-0.2, -0.15) is 0 Å². The largest absolute Gasteiger partial charge is 0.497 e. The van der Waals surface area contributed by atoms with Gasteiger partial charge in [0, 0.05) is 0 Å². The first-order valence-corrected chi connectivity index (χ1v) is 3.79. The molecule has 0 fully saturated rings. The van der Waals surface area contributed by atoms with E-state index in [1.165, 1.54) is 5.57 Å². The van der Waals surface area contributed by atoms with Crippen molar-refractivity contribution in [2.24, 2.45) is 0 Å². The van der Waals surface area contributed by atoms with E-state index in [9.17, 15) is 0 Å². The molecule has 0 spiro atoms. The molecule has 0 aliphatic heterocycles. The van der Waals surface area contributed by atoms with Crippen molar-refractivity contribution < 1.29 is 4.74 Å². The van der Waals surface area contributed by atoms with Crippen molar-refractivity contribution in [2.75, 3.05) is 7.11 Å². The Hall–Kier alpha value is -0.980. The predicted molar refractivity (Wildman–Crippen MR) is 49.3 cm³/mol. The average Bonchev–Trinajstić information content (AvgIpc) is 2.01. The van der Waals surface area contributed by atoms with Crippen LogP contribution in [0.1, 0.15) is 20.3 Å². The molecule has 0 radical (unpaired) electrons. The fourth-order valence-electron chi connectivity index (χ4n) is 0.806. The maximum absolute atomic E-state index is 5.02. The lowest BCUT2D eigenvalue weighted by Crippen LogP contribution is -1.81. The molecule has 1 heteroatoms. The van der Waals surface area contributed by atoms with E-state index in [0.29, 0.717) is 0 Å². The van der Waals surface area contributed by atoms with Crippen LogP contribution in [0.2, 0.25) is 0 Å². The molecule has 0 bridgehead atoms. The van der Waals surface area contributed by atoms with Gasteiger partial charge in [-0.1, -0.05) is 25.2 Å². The highest BCUT2D eigenvalue weighted by atomic mass is 16.5. The Labute approximate surface area is 69.1 Å². The Morgan fingerprint density at radius 1 is 1.55 bits per heavy atom. The van der Waals surface area contributed by atoms with Gasteiger partial charge in [-0.25, -0.2) is 0 Å². The lowest BCUT2D eigenvalue weighted by molar-refractivity contribution is 0.307. The van der Waals surface area contributed by atoms with Gasteiger partial charge in [0.1, 0.15) is 5.76 Å². The molecule has 0 unspecified atom stereocenters. The number of ether oxygens (including phenoxy) is 1. The van der Waals surface area contributed by atoms with Crippen molar-refractivity contribution in [3.8, 4) is 0 Å². The zero-order chi connectivity index (χ0) is 8.69. The van der Waals surface area contributed by atoms with Gasteiger partial charge in [-0.15, -0.1) is 0 Å². The molecule has 0 aromatic heterocycles. The van der Waals surface area contributed by atoms with Gasteiger partial charge in [-0.3, -0.25) is 0 Å². The molecule has 0 aromatic carbocycles. The summed E-state index contributed by atoms with van der Waals surface area (Å²) in [7, 11) is 1.65. The van der Waals surface area contributed by atoms with Crippen LogP contribution in [0.15, 0.2) is 36.1 Å². The van der Waals surface area contributed by atoms with E-state index >= 15 is 0 Å². The predicted octanol–water partition coefficient (Wildman–Crippen LogP) is 3.06. The van der Waals surface area contributed by atoms with Gasteiger partial charge < -0.3 is 4.74 Å². The van der Waals surface area contributed by atoms with E-state index < -0.39 is 0 Å². The topological polar surface area (TPSA) is 9.23 Å². The normalized spacial score (nSPS) is 13.0. The van der Waals surface area contributed by atoms with Gasteiger partial charge in [0.25, 0.3) is 0 Å². The van der Waals surface area contributed by atoms with Crippen LogP contribution in [0, 0.1) is 0 Å². The zero-order valence-corrected chi connectivity index (χ0v) is 7.55. The summed E-state index contributed by atoms with van der Waals surface area (Å²) in [4.78, 5) is 0. The summed E-state index contributed by atoms with van der Waals surface area (Å²) in [5.74, 6) is 0.812. The number of methoxy groups -OCH3 is 1. The van der Waals surface area contributed by atoms with Crippen LogP contribution < -0.4 is 0 Å². The second-order valence-electron chi connectivity index (χ2n) is 2.31. The number of allylic oxidation sites excluding steroid dienone is 4. The van der Waals surface area contributed by atoms with Crippen LogP contribution in [0.25, 0.3) is 0 Å². The van der Waals surface area contributed by atoms with E-state index in [1.54, 1.807) is 13.2 Å². The minimum Gasteiger partial charge on any atom is -0.497 e. The molecule has 0 heterocycles. The molecule has 0 aliphatic rings. The average molecular weight is 152 g/mol. The summed E-state index contributed by atoms with van der Waals surface area (Å²) in [5, 5.41) is 0. The van der Waals surface area contributed by atoms with Crippen molar-refractivity contribution in [1.29, 1.82) is 0 Å². The van der Waals surface area contributed by atoms with Gasteiger partial charge in [0.05, 0.1) is 7.11 Å². The first-order valence-electron chi connectivity index (χ1n) is 3.79. The van der Waals surface area contributed by atoms with Crippen molar-refractivity contribution in [1.82, 2.24) is 0 Å². The molecule has 0 rings (SSSR count). The molecule has 0 amide bonds. The minimum absolute atomic E-state index is 0.812. The number of hydrogen-bond donors (Lipinski definition) is 0. The van der Waals surface area contributed by atoms with Crippen LogP contribution in [0.4, 0.5) is 0 Å². The van der Waals surface area contributed by atoms with Gasteiger partial charge in [0.15, 0.2) is 0 Å². The molecule has 0 N–H and O–H groups in total. The Morgan fingerprint density at radius 3 is 2.55 bits per heavy atom. The molecule has 0 saturated heterocycles. The maximum Gasteiger partial charge on any atom is 0.118 e. The van der Waals surface area contributed by atoms with Crippen LogP contribution in [-0.2, 0) is 4.74 Å². The van der Waals surface area contributed by atoms with Crippen LogP contribution in [0.3, 0.4) is 0 Å². The molecule has 0 saturated carbocycles. The summed E-state index contributed by atoms with van der Waals surface area (Å²) in [6.45, 7) is 7.78. The lowest BCUT2D eigenvalue weighted by atomic mass is 10.2. The summed E-state index contributed by atoms with van der Waals surface area (Å²) in [6, 6.07) is 0. The van der Waals surface area contributed by atoms with E-state index in [4.69, 9.17) is 4.74 Å². The summed E-state index contributed by atoms with van der Waals surface area (Å²) in [6.07, 6.45) is 6.86. The zero-order valence-electron chi connectivity index (χ0n) is 7.55. The molecular weight excluding hydrogens is 136 g/mol. The fraction of sp³-hybridized carbons (Fsp3) is 0.400. The van der Waals surface area contributed by atoms with Gasteiger partial charge in [-0.05, 0) is 25.5 Å². The monoisotopic (exact) mass is 152 g/mol. The summed E-state index contributed by atoms with van der Waals surface area (Å²) < 4.78 is 5.02. The maximum atomic E-state index is 5.02. The Balaban J connectivity index is 4.25. The first kappa shape index (κ1) is 10.0. The molecule has 0 atom stereocenters. The van der Waals surface area contributed by atoms with Crippen LogP contribution in [0.5, 0.6) is 0 Å². The van der Waals surface area contributed by atoms with Crippen LogP contribution in [-0.4, -0.2) is 7.11 Å². The second-order valence-corrected chi connectivity index (χ2v) is 2.31. The third kappa shape index (κ3) is 4.43. The standard InChI is InChI=1S/C10H16O/c1-5-7-9(3)8-10(6-2)11-4/h6-8H,2,5H2,1,3-4H3/b9-7-,10-8+. The molecule has 11 heavy (non-hydrogen) atoms. The smallest absolute Gasteiger partial charge is 0.118 e. The highest BCUT2D eigenvalue weighted by molar-refractivity contribution is 5.23. The number of hydrogen-bond acceptors (Lipinski definition) is 1. The minimum atomic E-state index is 0.812. The molecule has 62 valence electrons. The van der Waals surface area contributed by atoms with Gasteiger partial charge in [0.2, 0.25) is 0 Å². The fourth-order valence-corrected chi connectivity index (χ4v) is 0.806. The molecule has 1 nitrogen and oxygen atoms in total. The molecule has 0 aliphatic carbocycles. The van der Waals surface area contributed by atoms with Crippen molar-refractivity contribution in [3.05, 3.63) is 36.1 Å². The highest BCUT2D eigenvalue weighted by Gasteiger charge is 1.87. The Bertz CT molecular complexity index is 175. The highest BCUT2D eigenvalue weighted by Crippen LogP contribution is 2.04. The second kappa shape index (κ2) is 5.78. The van der Waals surface area contributed by atoms with Crippen molar-refractivity contribution in [2.45, 2.75) is 20.3 Å². The third-order valence-electron chi connectivity index (χ3n) is 1.33. The third-order valence-corrected chi connectivity index (χ3v) is 1.33. The van der Waals surface area contributed by atoms with Gasteiger partial charge >= 0.3 is 0 Å². The Morgan fingerprint density at radius 2 is 2.18 bits per heavy atom. The van der Waals surface area contributed by atoms with Crippen molar-refractivity contribution >= 4 is 0 Å². The van der Waals surface area contributed by atoms with Crippen LogP contribution >= 0.6 is 0 Å². The summed E-state index contributed by atoms with van der Waals surface area (Å²) >= 11 is 0. The van der Waals surface area contributed by atoms with E-state index in [-0.39, 0.29) is 0 Å². The van der Waals surface area contributed by atoms with E-state index in [0.717, 1.165) is 12.2 Å². The quantitative estimate of drug-likeness (QED) is 0.444. The SMILES string of the molecule is C=C/C(=C\C(C)=C/CC)OC. The summed E-state index contributed by atoms with van der Waals surface area (Å²) in [5.41, 5.74) is 1.21. The number of rotatable bonds is 4. The molecular formula is C10H16O.